The molecule has 0 spiro atoms. The molecular weight excluding hydrogens is 240 g/mol. The largest absolute Gasteiger partial charge is 0.394 e. The van der Waals surface area contributed by atoms with Crippen LogP contribution in [0.5, 0.6) is 0 Å². The number of benzene rings is 1. The lowest BCUT2D eigenvalue weighted by Gasteiger charge is -2.03. The topological polar surface area (TPSA) is 83.8 Å². The summed E-state index contributed by atoms with van der Waals surface area (Å²) in [5, 5.41) is 9.60. The number of rotatable bonds is 3. The highest BCUT2D eigenvalue weighted by atomic mass is 35.5. The first-order valence-corrected chi connectivity index (χ1v) is 5.36. The molecule has 17 heavy (non-hydrogen) atoms. The average molecular weight is 251 g/mol. The Morgan fingerprint density at radius 1 is 1.41 bits per heavy atom. The number of nitrogens with zero attached hydrogens (tertiary/aromatic N) is 1. The van der Waals surface area contributed by atoms with Crippen LogP contribution in [0.15, 0.2) is 30.5 Å². The van der Waals surface area contributed by atoms with Crippen molar-refractivity contribution in [2.45, 2.75) is 6.42 Å². The maximum absolute atomic E-state index is 11.7. The summed E-state index contributed by atoms with van der Waals surface area (Å²) < 4.78 is 0. The molecular formula is C11H11ClN4O. The van der Waals surface area contributed by atoms with Gasteiger partial charge in [-0.2, -0.15) is 5.10 Å². The number of nitrogens with one attached hydrogen (secondary N) is 2. The zero-order chi connectivity index (χ0) is 12.3. The Hall–Kier alpha value is -2.01. The van der Waals surface area contributed by atoms with Gasteiger partial charge in [-0.15, -0.1) is 0 Å². The molecule has 0 aliphatic heterocycles. The number of aromatic amines is 1. The highest BCUT2D eigenvalue weighted by Gasteiger charge is 2.07. The van der Waals surface area contributed by atoms with Crippen molar-refractivity contribution in [1.29, 1.82) is 0 Å². The van der Waals surface area contributed by atoms with Crippen molar-refractivity contribution in [1.82, 2.24) is 10.2 Å². The van der Waals surface area contributed by atoms with Crippen molar-refractivity contribution in [2.75, 3.05) is 11.1 Å². The van der Waals surface area contributed by atoms with Gasteiger partial charge in [0.15, 0.2) is 5.82 Å². The van der Waals surface area contributed by atoms with E-state index in [2.05, 4.69) is 15.5 Å². The van der Waals surface area contributed by atoms with Crippen LogP contribution in [0.3, 0.4) is 0 Å². The summed E-state index contributed by atoms with van der Waals surface area (Å²) in [6, 6.07) is 7.10. The van der Waals surface area contributed by atoms with E-state index in [0.29, 0.717) is 16.5 Å². The van der Waals surface area contributed by atoms with E-state index in [1.54, 1.807) is 24.3 Å². The molecule has 5 nitrogen and oxygen atoms in total. The zero-order valence-corrected chi connectivity index (χ0v) is 9.66. The van der Waals surface area contributed by atoms with Crippen molar-refractivity contribution >= 4 is 29.0 Å². The van der Waals surface area contributed by atoms with Gasteiger partial charge in [0.1, 0.15) is 0 Å². The summed E-state index contributed by atoms with van der Waals surface area (Å²) in [7, 11) is 0. The van der Waals surface area contributed by atoms with Crippen LogP contribution in [0, 0.1) is 0 Å². The number of carbonyl (C=O) groups is 1. The van der Waals surface area contributed by atoms with Gasteiger partial charge in [0.05, 0.1) is 18.3 Å². The smallest absolute Gasteiger partial charge is 0.229 e. The van der Waals surface area contributed by atoms with Gasteiger partial charge >= 0.3 is 0 Å². The van der Waals surface area contributed by atoms with Crippen LogP contribution < -0.4 is 11.1 Å². The molecule has 0 radical (unpaired) electrons. The summed E-state index contributed by atoms with van der Waals surface area (Å²) in [5.41, 5.74) is 6.87. The Labute approximate surface area is 103 Å². The molecule has 1 aromatic heterocycles. The van der Waals surface area contributed by atoms with Gasteiger partial charge in [0.25, 0.3) is 0 Å². The van der Waals surface area contributed by atoms with Gasteiger partial charge < -0.3 is 11.1 Å². The van der Waals surface area contributed by atoms with Crippen molar-refractivity contribution in [3.8, 4) is 0 Å². The number of halogens is 1. The van der Waals surface area contributed by atoms with Crippen molar-refractivity contribution in [3.63, 3.8) is 0 Å². The molecule has 0 atom stereocenters. The second-order valence-electron chi connectivity index (χ2n) is 3.55. The second-order valence-corrected chi connectivity index (χ2v) is 3.99. The molecule has 0 saturated carbocycles. The van der Waals surface area contributed by atoms with Crippen molar-refractivity contribution in [3.05, 3.63) is 41.0 Å². The number of H-pyrrole nitrogens is 1. The van der Waals surface area contributed by atoms with Crippen LogP contribution in [0.4, 0.5) is 11.5 Å². The van der Waals surface area contributed by atoms with Gasteiger partial charge in [0.2, 0.25) is 5.91 Å². The van der Waals surface area contributed by atoms with Crippen LogP contribution in [-0.4, -0.2) is 16.1 Å². The molecule has 88 valence electrons. The van der Waals surface area contributed by atoms with Gasteiger partial charge in [-0.25, -0.2) is 0 Å². The number of hydrogen-bond acceptors (Lipinski definition) is 3. The fourth-order valence-corrected chi connectivity index (χ4v) is 1.49. The van der Waals surface area contributed by atoms with E-state index in [1.807, 2.05) is 0 Å². The second kappa shape index (κ2) is 4.88. The van der Waals surface area contributed by atoms with Crippen molar-refractivity contribution in [2.24, 2.45) is 0 Å². The molecule has 0 bridgehead atoms. The molecule has 0 unspecified atom stereocenters. The average Bonchev–Trinajstić information content (AvgIpc) is 2.68. The Morgan fingerprint density at radius 2 is 2.12 bits per heavy atom. The number of aromatic nitrogens is 2. The minimum absolute atomic E-state index is 0.164. The van der Waals surface area contributed by atoms with Crippen LogP contribution in [0.2, 0.25) is 5.02 Å². The van der Waals surface area contributed by atoms with Crippen LogP contribution in [0.25, 0.3) is 0 Å². The molecule has 0 saturated heterocycles. The van der Waals surface area contributed by atoms with Gasteiger partial charge in [-0.05, 0) is 17.7 Å². The van der Waals surface area contributed by atoms with E-state index < -0.39 is 0 Å². The number of anilines is 2. The third-order valence-corrected chi connectivity index (χ3v) is 2.46. The van der Waals surface area contributed by atoms with Crippen molar-refractivity contribution < 1.29 is 4.79 Å². The molecule has 6 heteroatoms. The molecule has 1 aromatic carbocycles. The maximum Gasteiger partial charge on any atom is 0.229 e. The molecule has 1 amide bonds. The first-order chi connectivity index (χ1) is 8.15. The lowest BCUT2D eigenvalue weighted by Crippen LogP contribution is -2.15. The van der Waals surface area contributed by atoms with E-state index in [9.17, 15) is 4.79 Å². The standard InChI is InChI=1S/C11H11ClN4O/c12-8-3-1-7(2-4-8)5-10(17)15-11-9(13)6-14-16-11/h1-4,6H,5,13H2,(H2,14,15,16,17). The number of hydrogen-bond donors (Lipinski definition) is 3. The quantitative estimate of drug-likeness (QED) is 0.777. The Balaban J connectivity index is 1.98. The Morgan fingerprint density at radius 3 is 2.71 bits per heavy atom. The fourth-order valence-electron chi connectivity index (χ4n) is 1.37. The predicted octanol–water partition coefficient (Wildman–Crippen LogP) is 1.83. The SMILES string of the molecule is Nc1cn[nH]c1NC(=O)Cc1ccc(Cl)cc1. The van der Waals surface area contributed by atoms with E-state index in [4.69, 9.17) is 17.3 Å². The summed E-state index contributed by atoms with van der Waals surface area (Å²) in [6.07, 6.45) is 1.70. The van der Waals surface area contributed by atoms with E-state index >= 15 is 0 Å². The molecule has 2 rings (SSSR count). The highest BCUT2D eigenvalue weighted by Crippen LogP contribution is 2.14. The fraction of sp³-hybridized carbons (Fsp3) is 0.0909. The van der Waals surface area contributed by atoms with Crippen LogP contribution in [0.1, 0.15) is 5.56 Å². The predicted molar refractivity (Wildman–Crippen MR) is 66.8 cm³/mol. The molecule has 0 aliphatic carbocycles. The number of amides is 1. The van der Waals surface area contributed by atoms with Gasteiger partial charge in [-0.1, -0.05) is 23.7 Å². The lowest BCUT2D eigenvalue weighted by atomic mass is 10.1. The molecule has 1 heterocycles. The third kappa shape index (κ3) is 2.98. The Kier molecular flexibility index (Phi) is 3.30. The highest BCUT2D eigenvalue weighted by molar-refractivity contribution is 6.30. The summed E-state index contributed by atoms with van der Waals surface area (Å²) in [4.78, 5) is 11.7. The maximum atomic E-state index is 11.7. The molecule has 4 N–H and O–H groups in total. The normalized spacial score (nSPS) is 10.2. The number of nitrogens with two attached hydrogens (primary N) is 1. The van der Waals surface area contributed by atoms with Crippen LogP contribution >= 0.6 is 11.6 Å². The monoisotopic (exact) mass is 250 g/mol. The minimum Gasteiger partial charge on any atom is -0.394 e. The first-order valence-electron chi connectivity index (χ1n) is 4.98. The third-order valence-electron chi connectivity index (χ3n) is 2.21. The molecule has 2 aromatic rings. The van der Waals surface area contributed by atoms with Gasteiger partial charge in [0, 0.05) is 5.02 Å². The first kappa shape index (κ1) is 11.5. The minimum atomic E-state index is -0.164. The zero-order valence-electron chi connectivity index (χ0n) is 8.90. The number of nitrogen functional groups attached to an aromatic ring is 1. The Bertz CT molecular complexity index is 521. The van der Waals surface area contributed by atoms with E-state index in [1.165, 1.54) is 6.20 Å². The summed E-state index contributed by atoms with van der Waals surface area (Å²) in [5.74, 6) is 0.257. The molecule has 0 aliphatic rings. The molecule has 0 fully saturated rings. The van der Waals surface area contributed by atoms with E-state index in [-0.39, 0.29) is 12.3 Å². The summed E-state index contributed by atoms with van der Waals surface area (Å²) >= 11 is 5.75. The summed E-state index contributed by atoms with van der Waals surface area (Å²) in [6.45, 7) is 0. The van der Waals surface area contributed by atoms with E-state index in [0.717, 1.165) is 5.56 Å². The number of carbonyl (C=O) groups excluding carboxylic acids is 1. The van der Waals surface area contributed by atoms with Crippen LogP contribution in [-0.2, 0) is 11.2 Å². The van der Waals surface area contributed by atoms with Gasteiger partial charge in [-0.3, -0.25) is 9.89 Å². The lowest BCUT2D eigenvalue weighted by molar-refractivity contribution is -0.115.